The van der Waals surface area contributed by atoms with Crippen LogP contribution in [0.5, 0.6) is 0 Å². The Morgan fingerprint density at radius 1 is 1.44 bits per heavy atom. The first-order chi connectivity index (χ1) is 8.43. The maximum atomic E-state index is 11.8. The van der Waals surface area contributed by atoms with Gasteiger partial charge in [-0.1, -0.05) is 13.8 Å². The van der Waals surface area contributed by atoms with Crippen LogP contribution in [0.2, 0.25) is 0 Å². The van der Waals surface area contributed by atoms with Crippen LogP contribution in [0.4, 0.5) is 5.82 Å². The Morgan fingerprint density at radius 3 is 2.44 bits per heavy atom. The fourth-order valence-corrected chi connectivity index (χ4v) is 1.85. The third kappa shape index (κ3) is 3.09. The number of aliphatic carboxylic acids is 1. The molecule has 6 nitrogen and oxygen atoms in total. The molecule has 0 saturated heterocycles. The van der Waals surface area contributed by atoms with Gasteiger partial charge in [-0.2, -0.15) is 5.10 Å². The number of carbonyl (C=O) groups is 2. The Hall–Kier alpha value is -1.85. The maximum Gasteiger partial charge on any atom is 0.310 e. The van der Waals surface area contributed by atoms with Crippen molar-refractivity contribution in [3.8, 4) is 0 Å². The first kappa shape index (κ1) is 14.2. The Bertz CT molecular complexity index is 436. The zero-order valence-electron chi connectivity index (χ0n) is 10.9. The molecular formula is C12H19N3O3. The van der Waals surface area contributed by atoms with E-state index >= 15 is 0 Å². The summed E-state index contributed by atoms with van der Waals surface area (Å²) in [5, 5.41) is 18.4. The van der Waals surface area contributed by atoms with Gasteiger partial charge in [0.1, 0.15) is 0 Å². The number of aryl methyl sites for hydroxylation is 1. The van der Waals surface area contributed by atoms with Gasteiger partial charge in [-0.25, -0.2) is 0 Å². The Balaban J connectivity index is 2.70. The summed E-state index contributed by atoms with van der Waals surface area (Å²) in [6.45, 7) is 5.38. The SMILES string of the molecule is CCC(CC)(CC(=O)Nc1cc(C)[nH]n1)C(=O)O. The molecule has 0 atom stereocenters. The van der Waals surface area contributed by atoms with E-state index in [1.165, 1.54) is 0 Å². The number of rotatable bonds is 6. The molecule has 0 radical (unpaired) electrons. The number of hydrogen-bond donors (Lipinski definition) is 3. The van der Waals surface area contributed by atoms with Gasteiger partial charge >= 0.3 is 5.97 Å². The molecule has 6 heteroatoms. The minimum atomic E-state index is -0.991. The number of hydrogen-bond acceptors (Lipinski definition) is 3. The van der Waals surface area contributed by atoms with Crippen LogP contribution in [-0.4, -0.2) is 27.2 Å². The van der Waals surface area contributed by atoms with Gasteiger partial charge in [-0.15, -0.1) is 0 Å². The van der Waals surface area contributed by atoms with E-state index in [0.717, 1.165) is 5.69 Å². The van der Waals surface area contributed by atoms with Crippen LogP contribution in [0, 0.1) is 12.3 Å². The molecule has 100 valence electrons. The van der Waals surface area contributed by atoms with Gasteiger partial charge in [-0.05, 0) is 19.8 Å². The zero-order valence-corrected chi connectivity index (χ0v) is 10.9. The van der Waals surface area contributed by atoms with Crippen LogP contribution in [0.25, 0.3) is 0 Å². The van der Waals surface area contributed by atoms with Crippen molar-refractivity contribution in [1.82, 2.24) is 10.2 Å². The minimum Gasteiger partial charge on any atom is -0.481 e. The van der Waals surface area contributed by atoms with E-state index in [1.54, 1.807) is 19.9 Å². The Kier molecular flexibility index (Phi) is 4.47. The van der Waals surface area contributed by atoms with Crippen LogP contribution in [0.15, 0.2) is 6.07 Å². The number of H-pyrrole nitrogens is 1. The highest BCUT2D eigenvalue weighted by Gasteiger charge is 2.37. The highest BCUT2D eigenvalue weighted by atomic mass is 16.4. The van der Waals surface area contributed by atoms with Crippen LogP contribution < -0.4 is 5.32 Å². The molecule has 1 aromatic heterocycles. The molecule has 3 N–H and O–H groups in total. The summed E-state index contributed by atoms with van der Waals surface area (Å²) in [5.41, 5.74) is -0.157. The molecule has 0 fully saturated rings. The number of amides is 1. The Morgan fingerprint density at radius 2 is 2.06 bits per heavy atom. The van der Waals surface area contributed by atoms with Crippen molar-refractivity contribution in [2.24, 2.45) is 5.41 Å². The lowest BCUT2D eigenvalue weighted by Crippen LogP contribution is -2.34. The zero-order chi connectivity index (χ0) is 13.8. The summed E-state index contributed by atoms with van der Waals surface area (Å²) >= 11 is 0. The lowest BCUT2D eigenvalue weighted by molar-refractivity contribution is -0.151. The van der Waals surface area contributed by atoms with Gasteiger partial charge < -0.3 is 10.4 Å². The molecule has 0 unspecified atom stereocenters. The van der Waals surface area contributed by atoms with Crippen LogP contribution >= 0.6 is 0 Å². The van der Waals surface area contributed by atoms with Gasteiger partial charge in [0.25, 0.3) is 0 Å². The van der Waals surface area contributed by atoms with E-state index in [4.69, 9.17) is 0 Å². The number of nitrogens with zero attached hydrogens (tertiary/aromatic N) is 1. The second-order valence-corrected chi connectivity index (χ2v) is 4.45. The third-order valence-corrected chi connectivity index (χ3v) is 3.28. The fraction of sp³-hybridized carbons (Fsp3) is 0.583. The average Bonchev–Trinajstić information content (AvgIpc) is 2.71. The first-order valence-electron chi connectivity index (χ1n) is 5.98. The summed E-state index contributed by atoms with van der Waals surface area (Å²) in [6.07, 6.45) is 0.804. The minimum absolute atomic E-state index is 0.0404. The fourth-order valence-electron chi connectivity index (χ4n) is 1.85. The highest BCUT2D eigenvalue weighted by molar-refractivity contribution is 5.93. The van der Waals surface area contributed by atoms with E-state index in [2.05, 4.69) is 15.5 Å². The number of carbonyl (C=O) groups excluding carboxylic acids is 1. The van der Waals surface area contributed by atoms with Gasteiger partial charge in [0.15, 0.2) is 5.82 Å². The molecule has 0 aliphatic carbocycles. The molecule has 18 heavy (non-hydrogen) atoms. The Labute approximate surface area is 106 Å². The van der Waals surface area contributed by atoms with E-state index in [1.807, 2.05) is 6.92 Å². The van der Waals surface area contributed by atoms with Gasteiger partial charge in [0, 0.05) is 18.2 Å². The molecule has 1 aromatic rings. The molecule has 0 aliphatic heterocycles. The molecule has 0 aromatic carbocycles. The van der Waals surface area contributed by atoms with Crippen molar-refractivity contribution in [2.45, 2.75) is 40.0 Å². The van der Waals surface area contributed by atoms with Crippen LogP contribution in [-0.2, 0) is 9.59 Å². The first-order valence-corrected chi connectivity index (χ1v) is 5.98. The molecule has 0 bridgehead atoms. The van der Waals surface area contributed by atoms with Crippen molar-refractivity contribution in [2.75, 3.05) is 5.32 Å². The highest BCUT2D eigenvalue weighted by Crippen LogP contribution is 2.31. The van der Waals surface area contributed by atoms with Gasteiger partial charge in [-0.3, -0.25) is 14.7 Å². The maximum absolute atomic E-state index is 11.8. The lowest BCUT2D eigenvalue weighted by Gasteiger charge is -2.25. The molecule has 0 aliphatic rings. The summed E-state index contributed by atoms with van der Waals surface area (Å²) in [7, 11) is 0. The number of anilines is 1. The van der Waals surface area contributed by atoms with Gasteiger partial charge in [0.2, 0.25) is 5.91 Å². The summed E-state index contributed by atoms with van der Waals surface area (Å²) < 4.78 is 0. The molecule has 1 heterocycles. The normalized spacial score (nSPS) is 11.3. The molecule has 0 saturated carbocycles. The van der Waals surface area contributed by atoms with Crippen molar-refractivity contribution in [3.63, 3.8) is 0 Å². The second-order valence-electron chi connectivity index (χ2n) is 4.45. The smallest absolute Gasteiger partial charge is 0.310 e. The van der Waals surface area contributed by atoms with Crippen LogP contribution in [0.3, 0.4) is 0 Å². The quantitative estimate of drug-likeness (QED) is 0.722. The van der Waals surface area contributed by atoms with Crippen molar-refractivity contribution in [1.29, 1.82) is 0 Å². The monoisotopic (exact) mass is 253 g/mol. The average molecular weight is 253 g/mol. The number of carboxylic acids is 1. The van der Waals surface area contributed by atoms with Crippen molar-refractivity contribution < 1.29 is 14.7 Å². The van der Waals surface area contributed by atoms with Crippen LogP contribution in [0.1, 0.15) is 38.8 Å². The van der Waals surface area contributed by atoms with E-state index in [0.29, 0.717) is 18.7 Å². The van der Waals surface area contributed by atoms with Gasteiger partial charge in [0.05, 0.1) is 5.41 Å². The largest absolute Gasteiger partial charge is 0.481 e. The summed E-state index contributed by atoms with van der Waals surface area (Å²) in [6, 6.07) is 1.69. The predicted molar refractivity (Wildman–Crippen MR) is 67.2 cm³/mol. The lowest BCUT2D eigenvalue weighted by atomic mass is 9.79. The van der Waals surface area contributed by atoms with Crippen molar-refractivity contribution in [3.05, 3.63) is 11.8 Å². The third-order valence-electron chi connectivity index (χ3n) is 3.28. The number of nitrogens with one attached hydrogen (secondary N) is 2. The number of carboxylic acid groups (broad SMARTS) is 1. The van der Waals surface area contributed by atoms with Crippen molar-refractivity contribution >= 4 is 17.7 Å². The molecule has 0 spiro atoms. The number of aromatic amines is 1. The topological polar surface area (TPSA) is 95.1 Å². The molecule has 1 amide bonds. The molecule has 1 rings (SSSR count). The van der Waals surface area contributed by atoms with E-state index < -0.39 is 11.4 Å². The van der Waals surface area contributed by atoms with E-state index in [-0.39, 0.29) is 12.3 Å². The summed E-state index contributed by atoms with van der Waals surface area (Å²) in [4.78, 5) is 23.1. The second kappa shape index (κ2) is 5.66. The standard InChI is InChI=1S/C12H19N3O3/c1-4-12(5-2,11(17)18)7-10(16)13-9-6-8(3)14-15-9/h6H,4-5,7H2,1-3H3,(H,17,18)(H2,13,14,15,16). The predicted octanol–water partition coefficient (Wildman–Crippen LogP) is 1.94. The number of aromatic nitrogens is 2. The molecular weight excluding hydrogens is 234 g/mol. The summed E-state index contributed by atoms with van der Waals surface area (Å²) in [5.74, 6) is -0.836. The van der Waals surface area contributed by atoms with E-state index in [9.17, 15) is 14.7 Å².